The van der Waals surface area contributed by atoms with Crippen molar-refractivity contribution in [1.29, 1.82) is 0 Å². The van der Waals surface area contributed by atoms with Gasteiger partial charge >= 0.3 is 0 Å². The predicted molar refractivity (Wildman–Crippen MR) is 91.3 cm³/mol. The molecule has 0 saturated carbocycles. The minimum Gasteiger partial charge on any atom is -0.352 e. The molecule has 0 aliphatic carbocycles. The first kappa shape index (κ1) is 14.7. The van der Waals surface area contributed by atoms with E-state index in [2.05, 4.69) is 30.6 Å². The van der Waals surface area contributed by atoms with Gasteiger partial charge in [-0.15, -0.1) is 10.2 Å². The highest BCUT2D eigenvalue weighted by Crippen LogP contribution is 2.22. The van der Waals surface area contributed by atoms with Gasteiger partial charge in [0.2, 0.25) is 5.95 Å². The highest BCUT2D eigenvalue weighted by molar-refractivity contribution is 5.45. The number of piperidine rings is 1. The standard InChI is InChI=1S/C16H19N7O/c24-15-8-7-14(18-20-15)22-9-3-1-5-12(22)11-17-16-21-19-13-6-2-4-10-23(13)16/h2,4,6-8,10,12H,1,3,5,9,11H2,(H,17,21)(H,20,24). The van der Waals surface area contributed by atoms with Gasteiger partial charge in [-0.1, -0.05) is 6.07 Å². The van der Waals surface area contributed by atoms with Crippen LogP contribution in [0.3, 0.4) is 0 Å². The second kappa shape index (κ2) is 6.31. The molecule has 1 unspecified atom stereocenters. The summed E-state index contributed by atoms with van der Waals surface area (Å²) in [6.45, 7) is 1.68. The van der Waals surface area contributed by atoms with Crippen LogP contribution in [0.4, 0.5) is 11.8 Å². The Morgan fingerprint density at radius 2 is 2.17 bits per heavy atom. The van der Waals surface area contributed by atoms with E-state index in [9.17, 15) is 4.79 Å². The summed E-state index contributed by atoms with van der Waals surface area (Å²) in [5, 5.41) is 18.5. The lowest BCUT2D eigenvalue weighted by Crippen LogP contribution is -2.44. The molecule has 0 radical (unpaired) electrons. The van der Waals surface area contributed by atoms with Gasteiger partial charge in [0.1, 0.15) is 5.82 Å². The van der Waals surface area contributed by atoms with Gasteiger partial charge in [0.05, 0.1) is 0 Å². The Balaban J connectivity index is 1.51. The van der Waals surface area contributed by atoms with E-state index >= 15 is 0 Å². The molecule has 1 aliphatic heterocycles. The Bertz CT molecular complexity index is 867. The summed E-state index contributed by atoms with van der Waals surface area (Å²) in [4.78, 5) is 13.5. The molecule has 3 aromatic rings. The van der Waals surface area contributed by atoms with Gasteiger partial charge in [0.15, 0.2) is 5.65 Å². The first-order valence-electron chi connectivity index (χ1n) is 8.17. The number of H-pyrrole nitrogens is 1. The van der Waals surface area contributed by atoms with Gasteiger partial charge in [-0.05, 0) is 37.5 Å². The number of aromatic nitrogens is 5. The normalized spacial score (nSPS) is 18.0. The van der Waals surface area contributed by atoms with Gasteiger partial charge in [0, 0.05) is 31.4 Å². The number of fused-ring (bicyclic) bond motifs is 1. The summed E-state index contributed by atoms with van der Waals surface area (Å²) < 4.78 is 1.94. The fraction of sp³-hybridized carbons (Fsp3) is 0.375. The van der Waals surface area contributed by atoms with Crippen molar-refractivity contribution in [1.82, 2.24) is 24.8 Å². The molecular formula is C16H19N7O. The van der Waals surface area contributed by atoms with Crippen LogP contribution in [0.25, 0.3) is 5.65 Å². The molecule has 1 aliphatic rings. The largest absolute Gasteiger partial charge is 0.352 e. The molecule has 0 aromatic carbocycles. The highest BCUT2D eigenvalue weighted by atomic mass is 16.1. The van der Waals surface area contributed by atoms with E-state index < -0.39 is 0 Å². The molecule has 24 heavy (non-hydrogen) atoms. The summed E-state index contributed by atoms with van der Waals surface area (Å²) in [6, 6.07) is 9.43. The van der Waals surface area contributed by atoms with Crippen LogP contribution >= 0.6 is 0 Å². The number of hydrogen-bond donors (Lipinski definition) is 2. The molecule has 1 saturated heterocycles. The van der Waals surface area contributed by atoms with Crippen LogP contribution < -0.4 is 15.8 Å². The lowest BCUT2D eigenvalue weighted by Gasteiger charge is -2.36. The number of anilines is 2. The highest BCUT2D eigenvalue weighted by Gasteiger charge is 2.24. The summed E-state index contributed by atoms with van der Waals surface area (Å²) in [5.41, 5.74) is 0.642. The maximum absolute atomic E-state index is 11.2. The topological polar surface area (TPSA) is 91.2 Å². The monoisotopic (exact) mass is 325 g/mol. The second-order valence-electron chi connectivity index (χ2n) is 5.96. The Labute approximate surface area is 138 Å². The molecule has 1 fully saturated rings. The Hall–Kier alpha value is -2.90. The zero-order chi connectivity index (χ0) is 16.4. The average Bonchev–Trinajstić information content (AvgIpc) is 3.04. The van der Waals surface area contributed by atoms with E-state index in [4.69, 9.17) is 0 Å². The first-order chi connectivity index (χ1) is 11.8. The summed E-state index contributed by atoms with van der Waals surface area (Å²) >= 11 is 0. The molecule has 8 heteroatoms. The summed E-state index contributed by atoms with van der Waals surface area (Å²) in [6.07, 6.45) is 5.34. The fourth-order valence-corrected chi connectivity index (χ4v) is 3.18. The zero-order valence-corrected chi connectivity index (χ0v) is 13.2. The van der Waals surface area contributed by atoms with Gasteiger partial charge < -0.3 is 10.2 Å². The van der Waals surface area contributed by atoms with Crippen molar-refractivity contribution in [3.05, 3.63) is 46.9 Å². The van der Waals surface area contributed by atoms with Gasteiger partial charge in [0.25, 0.3) is 5.56 Å². The Kier molecular flexibility index (Phi) is 3.86. The smallest absolute Gasteiger partial charge is 0.264 e. The lowest BCUT2D eigenvalue weighted by molar-refractivity contribution is 0.467. The maximum Gasteiger partial charge on any atom is 0.264 e. The molecule has 0 bridgehead atoms. The number of hydrogen-bond acceptors (Lipinski definition) is 6. The first-order valence-corrected chi connectivity index (χ1v) is 8.17. The average molecular weight is 325 g/mol. The molecule has 124 valence electrons. The van der Waals surface area contributed by atoms with E-state index in [-0.39, 0.29) is 5.56 Å². The van der Waals surface area contributed by atoms with Crippen LogP contribution in [0.2, 0.25) is 0 Å². The van der Waals surface area contributed by atoms with Crippen LogP contribution in [0.15, 0.2) is 41.3 Å². The van der Waals surface area contributed by atoms with Crippen LogP contribution in [-0.4, -0.2) is 43.9 Å². The number of nitrogens with zero attached hydrogens (tertiary/aromatic N) is 5. The number of aromatic amines is 1. The molecule has 3 aromatic heterocycles. The van der Waals surface area contributed by atoms with Crippen LogP contribution in [-0.2, 0) is 0 Å². The lowest BCUT2D eigenvalue weighted by atomic mass is 10.0. The third-order valence-electron chi connectivity index (χ3n) is 4.40. The van der Waals surface area contributed by atoms with E-state index in [0.29, 0.717) is 6.04 Å². The third-order valence-corrected chi connectivity index (χ3v) is 4.40. The van der Waals surface area contributed by atoms with Gasteiger partial charge in [-0.2, -0.15) is 5.10 Å². The van der Waals surface area contributed by atoms with E-state index in [1.165, 1.54) is 12.5 Å². The zero-order valence-electron chi connectivity index (χ0n) is 13.2. The number of rotatable bonds is 4. The second-order valence-corrected chi connectivity index (χ2v) is 5.96. The molecular weight excluding hydrogens is 306 g/mol. The fourth-order valence-electron chi connectivity index (χ4n) is 3.18. The maximum atomic E-state index is 11.2. The SMILES string of the molecule is O=c1ccc(N2CCCCC2CNc2nnc3ccccn23)n[nH]1. The number of pyridine rings is 1. The van der Waals surface area contributed by atoms with E-state index in [1.54, 1.807) is 6.07 Å². The molecule has 4 rings (SSSR count). The van der Waals surface area contributed by atoms with Crippen molar-refractivity contribution >= 4 is 17.4 Å². The molecule has 1 atom stereocenters. The Morgan fingerprint density at radius 1 is 1.21 bits per heavy atom. The van der Waals surface area contributed by atoms with E-state index in [1.807, 2.05) is 28.8 Å². The summed E-state index contributed by atoms with van der Waals surface area (Å²) in [5.74, 6) is 1.55. The van der Waals surface area contributed by atoms with Crippen LogP contribution in [0.1, 0.15) is 19.3 Å². The van der Waals surface area contributed by atoms with Crippen molar-refractivity contribution in [3.8, 4) is 0 Å². The van der Waals surface area contributed by atoms with E-state index in [0.717, 1.165) is 43.3 Å². The minimum absolute atomic E-state index is 0.180. The van der Waals surface area contributed by atoms with Crippen molar-refractivity contribution in [2.75, 3.05) is 23.3 Å². The molecule has 8 nitrogen and oxygen atoms in total. The predicted octanol–water partition coefficient (Wildman–Crippen LogP) is 1.28. The quantitative estimate of drug-likeness (QED) is 0.751. The van der Waals surface area contributed by atoms with Crippen LogP contribution in [0, 0.1) is 0 Å². The van der Waals surface area contributed by atoms with Gasteiger partial charge in [-0.25, -0.2) is 5.10 Å². The summed E-state index contributed by atoms with van der Waals surface area (Å²) in [7, 11) is 0. The van der Waals surface area contributed by atoms with Crippen molar-refractivity contribution in [2.45, 2.75) is 25.3 Å². The third kappa shape index (κ3) is 2.82. The van der Waals surface area contributed by atoms with Crippen LogP contribution in [0.5, 0.6) is 0 Å². The van der Waals surface area contributed by atoms with Crippen molar-refractivity contribution < 1.29 is 0 Å². The molecule has 2 N–H and O–H groups in total. The Morgan fingerprint density at radius 3 is 3.04 bits per heavy atom. The van der Waals surface area contributed by atoms with Crippen molar-refractivity contribution in [3.63, 3.8) is 0 Å². The van der Waals surface area contributed by atoms with Gasteiger partial charge in [-0.3, -0.25) is 9.20 Å². The number of nitrogens with one attached hydrogen (secondary N) is 2. The van der Waals surface area contributed by atoms with Crippen molar-refractivity contribution in [2.24, 2.45) is 0 Å². The molecule has 0 spiro atoms. The molecule has 0 amide bonds. The molecule has 4 heterocycles. The minimum atomic E-state index is -0.180.